The fourth-order valence-corrected chi connectivity index (χ4v) is 1.36. The lowest BCUT2D eigenvalue weighted by molar-refractivity contribution is -0.138. The Balaban J connectivity index is 3.04. The molecule has 0 aromatic heterocycles. The van der Waals surface area contributed by atoms with Crippen molar-refractivity contribution in [3.63, 3.8) is 0 Å². The van der Waals surface area contributed by atoms with E-state index in [1.165, 1.54) is 0 Å². The number of para-hydroxylation sites is 1. The van der Waals surface area contributed by atoms with E-state index < -0.39 is 11.9 Å². The topological polar surface area (TPSA) is 63.3 Å². The van der Waals surface area contributed by atoms with Crippen LogP contribution in [-0.4, -0.2) is 11.1 Å². The van der Waals surface area contributed by atoms with Crippen LogP contribution in [0.25, 0.3) is 0 Å². The van der Waals surface area contributed by atoms with Gasteiger partial charge in [0.15, 0.2) is 0 Å². The van der Waals surface area contributed by atoms with Crippen LogP contribution in [0.1, 0.15) is 24.8 Å². The SMILES string of the molecule is CC[C@@H](C(=O)O)c1ccccc1N. The Morgan fingerprint density at radius 3 is 2.62 bits per heavy atom. The molecule has 0 unspecified atom stereocenters. The number of carboxylic acid groups (broad SMARTS) is 1. The summed E-state index contributed by atoms with van der Waals surface area (Å²) in [5.74, 6) is -1.30. The van der Waals surface area contributed by atoms with E-state index in [0.717, 1.165) is 0 Å². The van der Waals surface area contributed by atoms with Crippen LogP contribution < -0.4 is 5.73 Å². The molecule has 0 fully saturated rings. The second-order valence-electron chi connectivity index (χ2n) is 2.93. The first-order valence-electron chi connectivity index (χ1n) is 4.24. The van der Waals surface area contributed by atoms with Crippen molar-refractivity contribution >= 4 is 11.7 Å². The first-order valence-corrected chi connectivity index (χ1v) is 4.24. The Hall–Kier alpha value is -1.51. The highest BCUT2D eigenvalue weighted by Crippen LogP contribution is 2.24. The third-order valence-corrected chi connectivity index (χ3v) is 2.08. The lowest BCUT2D eigenvalue weighted by Crippen LogP contribution is -2.12. The minimum Gasteiger partial charge on any atom is -0.481 e. The first-order chi connectivity index (χ1) is 6.16. The summed E-state index contributed by atoms with van der Waals surface area (Å²) in [5, 5.41) is 8.90. The van der Waals surface area contributed by atoms with Crippen LogP contribution in [0.5, 0.6) is 0 Å². The van der Waals surface area contributed by atoms with Crippen molar-refractivity contribution in [2.75, 3.05) is 5.73 Å². The normalized spacial score (nSPS) is 12.4. The third-order valence-electron chi connectivity index (χ3n) is 2.08. The maximum Gasteiger partial charge on any atom is 0.311 e. The predicted molar refractivity (Wildman–Crippen MR) is 51.5 cm³/mol. The number of carboxylic acids is 1. The van der Waals surface area contributed by atoms with Gasteiger partial charge in [-0.05, 0) is 18.1 Å². The van der Waals surface area contributed by atoms with Crippen molar-refractivity contribution < 1.29 is 9.90 Å². The zero-order valence-electron chi connectivity index (χ0n) is 7.53. The molecule has 0 saturated carbocycles. The molecule has 0 amide bonds. The molecule has 0 spiro atoms. The summed E-state index contributed by atoms with van der Waals surface area (Å²) >= 11 is 0. The van der Waals surface area contributed by atoms with E-state index in [2.05, 4.69) is 0 Å². The van der Waals surface area contributed by atoms with Gasteiger partial charge in [0.05, 0.1) is 5.92 Å². The van der Waals surface area contributed by atoms with Gasteiger partial charge in [-0.1, -0.05) is 25.1 Å². The number of anilines is 1. The molecule has 0 saturated heterocycles. The fraction of sp³-hybridized carbons (Fsp3) is 0.300. The van der Waals surface area contributed by atoms with Gasteiger partial charge in [0.1, 0.15) is 0 Å². The van der Waals surface area contributed by atoms with E-state index in [1.54, 1.807) is 24.3 Å². The number of hydrogen-bond donors (Lipinski definition) is 2. The molecule has 0 radical (unpaired) electrons. The fourth-order valence-electron chi connectivity index (χ4n) is 1.36. The van der Waals surface area contributed by atoms with Gasteiger partial charge in [-0.3, -0.25) is 4.79 Å². The molecule has 0 bridgehead atoms. The number of aliphatic carboxylic acids is 1. The molecule has 1 aromatic rings. The van der Waals surface area contributed by atoms with E-state index in [9.17, 15) is 4.79 Å². The Labute approximate surface area is 77.2 Å². The van der Waals surface area contributed by atoms with Gasteiger partial charge in [0.2, 0.25) is 0 Å². The van der Waals surface area contributed by atoms with Crippen LogP contribution in [0.15, 0.2) is 24.3 Å². The highest BCUT2D eigenvalue weighted by Gasteiger charge is 2.18. The first kappa shape index (κ1) is 9.58. The van der Waals surface area contributed by atoms with Crippen LogP contribution >= 0.6 is 0 Å². The molecule has 3 heteroatoms. The number of carbonyl (C=O) groups is 1. The quantitative estimate of drug-likeness (QED) is 0.696. The largest absolute Gasteiger partial charge is 0.481 e. The lowest BCUT2D eigenvalue weighted by Gasteiger charge is -2.11. The minimum absolute atomic E-state index is 0.485. The molecule has 1 aromatic carbocycles. The maximum absolute atomic E-state index is 10.8. The molecule has 3 nitrogen and oxygen atoms in total. The molecule has 3 N–H and O–H groups in total. The standard InChI is InChI=1S/C10H13NO2/c1-2-7(10(12)13)8-5-3-4-6-9(8)11/h3-7H,2,11H2,1H3,(H,12,13)/t7-/m1/s1. The van der Waals surface area contributed by atoms with Crippen molar-refractivity contribution in [1.82, 2.24) is 0 Å². The smallest absolute Gasteiger partial charge is 0.311 e. The van der Waals surface area contributed by atoms with Crippen molar-refractivity contribution in [2.24, 2.45) is 0 Å². The molecule has 1 rings (SSSR count). The molecule has 0 aliphatic heterocycles. The molecule has 0 aliphatic rings. The van der Waals surface area contributed by atoms with Gasteiger partial charge >= 0.3 is 5.97 Å². The van der Waals surface area contributed by atoms with Gasteiger partial charge in [-0.2, -0.15) is 0 Å². The van der Waals surface area contributed by atoms with Gasteiger partial charge < -0.3 is 10.8 Å². The van der Waals surface area contributed by atoms with Crippen LogP contribution in [-0.2, 0) is 4.79 Å². The van der Waals surface area contributed by atoms with Crippen molar-refractivity contribution in [1.29, 1.82) is 0 Å². The number of nitrogen functional groups attached to an aromatic ring is 1. The van der Waals surface area contributed by atoms with E-state index in [4.69, 9.17) is 10.8 Å². The molecule has 1 atom stereocenters. The average molecular weight is 179 g/mol. The zero-order valence-corrected chi connectivity index (χ0v) is 7.53. The minimum atomic E-state index is -0.819. The molecule has 70 valence electrons. The Morgan fingerprint density at radius 2 is 2.15 bits per heavy atom. The Morgan fingerprint density at radius 1 is 1.54 bits per heavy atom. The van der Waals surface area contributed by atoms with E-state index in [-0.39, 0.29) is 0 Å². The van der Waals surface area contributed by atoms with Crippen molar-refractivity contribution in [2.45, 2.75) is 19.3 Å². The van der Waals surface area contributed by atoms with Crippen LogP contribution in [0.2, 0.25) is 0 Å². The van der Waals surface area contributed by atoms with E-state index >= 15 is 0 Å². The third kappa shape index (κ3) is 1.99. The highest BCUT2D eigenvalue weighted by atomic mass is 16.4. The highest BCUT2D eigenvalue weighted by molar-refractivity contribution is 5.78. The van der Waals surface area contributed by atoms with Gasteiger partial charge in [-0.15, -0.1) is 0 Å². The van der Waals surface area contributed by atoms with E-state index in [0.29, 0.717) is 17.7 Å². The number of hydrogen-bond acceptors (Lipinski definition) is 2. The summed E-state index contributed by atoms with van der Waals surface area (Å²) in [6.07, 6.45) is 0.559. The van der Waals surface area contributed by atoms with Crippen molar-refractivity contribution in [3.05, 3.63) is 29.8 Å². The second kappa shape index (κ2) is 3.94. The zero-order chi connectivity index (χ0) is 9.84. The number of benzene rings is 1. The van der Waals surface area contributed by atoms with Crippen LogP contribution in [0.4, 0.5) is 5.69 Å². The summed E-state index contributed by atoms with van der Waals surface area (Å²) in [6, 6.07) is 7.09. The van der Waals surface area contributed by atoms with Crippen LogP contribution in [0.3, 0.4) is 0 Å². The Kier molecular flexibility index (Phi) is 2.90. The van der Waals surface area contributed by atoms with Gasteiger partial charge in [0, 0.05) is 5.69 Å². The molecule has 0 heterocycles. The summed E-state index contributed by atoms with van der Waals surface area (Å²) in [4.78, 5) is 10.8. The molecule has 13 heavy (non-hydrogen) atoms. The number of nitrogens with two attached hydrogens (primary N) is 1. The van der Waals surface area contributed by atoms with Crippen molar-refractivity contribution in [3.8, 4) is 0 Å². The Bertz CT molecular complexity index is 310. The summed E-state index contributed by atoms with van der Waals surface area (Å²) in [5.41, 5.74) is 6.93. The van der Waals surface area contributed by atoms with E-state index in [1.807, 2.05) is 6.92 Å². The summed E-state index contributed by atoms with van der Waals surface area (Å²) < 4.78 is 0. The van der Waals surface area contributed by atoms with Crippen LogP contribution in [0, 0.1) is 0 Å². The molecular formula is C10H13NO2. The predicted octanol–water partition coefficient (Wildman–Crippen LogP) is 1.85. The molecule has 0 aliphatic carbocycles. The van der Waals surface area contributed by atoms with Gasteiger partial charge in [0.25, 0.3) is 0 Å². The molecular weight excluding hydrogens is 166 g/mol. The maximum atomic E-state index is 10.8. The second-order valence-corrected chi connectivity index (χ2v) is 2.93. The lowest BCUT2D eigenvalue weighted by atomic mass is 9.95. The average Bonchev–Trinajstić information content (AvgIpc) is 2.09. The summed E-state index contributed by atoms with van der Waals surface area (Å²) in [6.45, 7) is 1.84. The number of rotatable bonds is 3. The monoisotopic (exact) mass is 179 g/mol. The van der Waals surface area contributed by atoms with Gasteiger partial charge in [-0.25, -0.2) is 0 Å². The summed E-state index contributed by atoms with van der Waals surface area (Å²) in [7, 11) is 0.